The molecule has 1 aromatic carbocycles. The van der Waals surface area contributed by atoms with E-state index in [-0.39, 0.29) is 41.6 Å². The fourth-order valence-corrected chi connectivity index (χ4v) is 3.45. The molecule has 0 amide bonds. The molecule has 2 atom stereocenters. The van der Waals surface area contributed by atoms with Crippen LogP contribution in [0.4, 0.5) is 48.3 Å². The molecular weight excluding hydrogens is 485 g/mol. The van der Waals surface area contributed by atoms with Gasteiger partial charge in [0.1, 0.15) is 5.52 Å². The van der Waals surface area contributed by atoms with E-state index in [2.05, 4.69) is 15.0 Å². The molecule has 1 aliphatic heterocycles. The van der Waals surface area contributed by atoms with Crippen molar-refractivity contribution in [3.63, 3.8) is 0 Å². The van der Waals surface area contributed by atoms with Gasteiger partial charge in [-0.1, -0.05) is 23.8 Å². The largest absolute Gasteiger partial charge is 0.462 e. The fraction of sp³-hybridized carbons (Fsp3) is 0.647. The Bertz CT molecular complexity index is 968. The van der Waals surface area contributed by atoms with Gasteiger partial charge in [-0.3, -0.25) is 9.64 Å². The summed E-state index contributed by atoms with van der Waals surface area (Å²) in [5, 5.41) is 6.84. The van der Waals surface area contributed by atoms with Crippen molar-refractivity contribution >= 4 is 11.0 Å². The molecule has 2 heterocycles. The lowest BCUT2D eigenvalue weighted by Crippen LogP contribution is -2.64. The van der Waals surface area contributed by atoms with Crippen molar-refractivity contribution in [3.05, 3.63) is 24.3 Å². The van der Waals surface area contributed by atoms with E-state index < -0.39 is 36.4 Å². The third kappa shape index (κ3) is 4.34. The van der Waals surface area contributed by atoms with Crippen molar-refractivity contribution < 1.29 is 53.0 Å². The number of benzene rings is 1. The van der Waals surface area contributed by atoms with Gasteiger partial charge in [-0.15, -0.1) is 5.10 Å². The molecule has 0 bridgehead atoms. The fourth-order valence-electron chi connectivity index (χ4n) is 3.45. The third-order valence-corrected chi connectivity index (χ3v) is 5.06. The molecule has 186 valence electrons. The molecule has 1 aliphatic rings. The summed E-state index contributed by atoms with van der Waals surface area (Å²) in [5.74, 6) is -12.9. The second-order valence-corrected chi connectivity index (χ2v) is 7.33. The van der Waals surface area contributed by atoms with Gasteiger partial charge < -0.3 is 0 Å². The molecule has 1 aromatic heterocycles. The van der Waals surface area contributed by atoms with Crippen molar-refractivity contribution in [2.24, 2.45) is 0 Å². The second kappa shape index (κ2) is 8.21. The van der Waals surface area contributed by atoms with Gasteiger partial charge in [0.15, 0.2) is 6.17 Å². The van der Waals surface area contributed by atoms with Crippen LogP contribution in [0, 0.1) is 0 Å². The summed E-state index contributed by atoms with van der Waals surface area (Å²) in [6.45, 7) is -0.684. The second-order valence-electron chi connectivity index (χ2n) is 7.33. The van der Waals surface area contributed by atoms with Crippen molar-refractivity contribution in [2.45, 2.75) is 55.7 Å². The number of aromatic nitrogens is 3. The molecule has 0 radical (unpaired) electrons. The van der Waals surface area contributed by atoms with E-state index in [1.165, 1.54) is 18.2 Å². The minimum Gasteiger partial charge on any atom is -0.277 e. The summed E-state index contributed by atoms with van der Waals surface area (Å²) in [6.07, 6.45) is -22.7. The van der Waals surface area contributed by atoms with Gasteiger partial charge in [0.2, 0.25) is 0 Å². The van der Waals surface area contributed by atoms with Crippen LogP contribution in [0.15, 0.2) is 24.3 Å². The van der Waals surface area contributed by atoms with Crippen molar-refractivity contribution in [3.8, 4) is 0 Å². The van der Waals surface area contributed by atoms with E-state index in [0.29, 0.717) is 11.3 Å². The summed E-state index contributed by atoms with van der Waals surface area (Å²) < 4.78 is 152. The Morgan fingerprint density at radius 3 is 1.91 bits per heavy atom. The lowest BCUT2D eigenvalue weighted by atomic mass is 10.1. The SMILES string of the molecule is FC(F)(F)C(F)(OC(F)(F)C(F)(F)C(F)(F)F)C(N1CCCCC1)n1nnc2ccccc21. The first-order valence-electron chi connectivity index (χ1n) is 9.35. The molecule has 5 nitrogen and oxygen atoms in total. The average Bonchev–Trinajstić information content (AvgIpc) is 3.10. The van der Waals surface area contributed by atoms with Crippen LogP contribution in [0.25, 0.3) is 11.0 Å². The smallest absolute Gasteiger partial charge is 0.277 e. The van der Waals surface area contributed by atoms with Gasteiger partial charge in [-0.25, -0.2) is 4.68 Å². The molecule has 2 unspecified atom stereocenters. The van der Waals surface area contributed by atoms with Crippen LogP contribution in [0.2, 0.25) is 0 Å². The maximum absolute atomic E-state index is 15.6. The highest BCUT2D eigenvalue weighted by atomic mass is 19.4. The predicted molar refractivity (Wildman–Crippen MR) is 88.9 cm³/mol. The van der Waals surface area contributed by atoms with Gasteiger partial charge >= 0.3 is 30.2 Å². The Labute approximate surface area is 178 Å². The molecule has 3 rings (SSSR count). The maximum atomic E-state index is 15.6. The van der Waals surface area contributed by atoms with Crippen LogP contribution in [-0.4, -0.2) is 63.2 Å². The number of piperidine rings is 1. The molecule has 0 spiro atoms. The number of ether oxygens (including phenoxy) is 1. The topological polar surface area (TPSA) is 43.2 Å². The van der Waals surface area contributed by atoms with E-state index in [1.807, 2.05) is 0 Å². The molecule has 1 fully saturated rings. The normalized spacial score (nSPS) is 20.1. The molecule has 1 saturated heterocycles. The predicted octanol–water partition coefficient (Wildman–Crippen LogP) is 5.45. The molecule has 0 aliphatic carbocycles. The van der Waals surface area contributed by atoms with Crippen LogP contribution in [-0.2, 0) is 4.74 Å². The van der Waals surface area contributed by atoms with Gasteiger partial charge in [0.25, 0.3) is 0 Å². The van der Waals surface area contributed by atoms with Gasteiger partial charge in [0, 0.05) is 13.1 Å². The summed E-state index contributed by atoms with van der Waals surface area (Å²) in [5.41, 5.74) is -0.440. The van der Waals surface area contributed by atoms with Gasteiger partial charge in [-0.2, -0.15) is 48.3 Å². The lowest BCUT2D eigenvalue weighted by Gasteiger charge is -2.44. The first kappa shape index (κ1) is 25.4. The van der Waals surface area contributed by atoms with Crippen LogP contribution in [0.1, 0.15) is 25.4 Å². The van der Waals surface area contributed by atoms with Crippen LogP contribution in [0.5, 0.6) is 0 Å². The monoisotopic (exact) mass is 500 g/mol. The van der Waals surface area contributed by atoms with E-state index in [0.717, 1.165) is 6.07 Å². The zero-order chi connectivity index (χ0) is 24.9. The maximum Gasteiger partial charge on any atom is 0.462 e. The Kier molecular flexibility index (Phi) is 6.32. The minimum absolute atomic E-state index is 0.114. The summed E-state index contributed by atoms with van der Waals surface area (Å²) >= 11 is 0. The highest BCUT2D eigenvalue weighted by Gasteiger charge is 2.80. The Morgan fingerprint density at radius 2 is 1.36 bits per heavy atom. The first-order valence-corrected chi connectivity index (χ1v) is 9.35. The molecule has 33 heavy (non-hydrogen) atoms. The summed E-state index contributed by atoms with van der Waals surface area (Å²) in [7, 11) is 0. The van der Waals surface area contributed by atoms with Crippen molar-refractivity contribution in [2.75, 3.05) is 13.1 Å². The Morgan fingerprint density at radius 1 is 0.788 bits per heavy atom. The highest BCUT2D eigenvalue weighted by Crippen LogP contribution is 2.54. The quantitative estimate of drug-likeness (QED) is 0.495. The van der Waals surface area contributed by atoms with E-state index in [1.54, 1.807) is 0 Å². The van der Waals surface area contributed by atoms with Crippen LogP contribution >= 0.6 is 0 Å². The van der Waals surface area contributed by atoms with E-state index in [9.17, 15) is 43.9 Å². The Balaban J connectivity index is 2.20. The molecule has 16 heteroatoms. The Hall–Kier alpha value is -2.23. The zero-order valence-electron chi connectivity index (χ0n) is 16.3. The van der Waals surface area contributed by atoms with Crippen LogP contribution in [0.3, 0.4) is 0 Å². The molecule has 0 N–H and O–H groups in total. The summed E-state index contributed by atoms with van der Waals surface area (Å²) in [6, 6.07) is 4.95. The lowest BCUT2D eigenvalue weighted by molar-refractivity contribution is -0.494. The number of hydrogen-bond acceptors (Lipinski definition) is 4. The minimum atomic E-state index is -7.14. The number of fused-ring (bicyclic) bond motifs is 1. The number of para-hydroxylation sites is 1. The number of likely N-dealkylation sites (tertiary alicyclic amines) is 1. The number of halogens is 11. The van der Waals surface area contributed by atoms with Gasteiger partial charge in [0.05, 0.1) is 5.52 Å². The van der Waals surface area contributed by atoms with E-state index >= 15 is 4.39 Å². The van der Waals surface area contributed by atoms with Crippen molar-refractivity contribution in [1.29, 1.82) is 0 Å². The average molecular weight is 500 g/mol. The van der Waals surface area contributed by atoms with Crippen molar-refractivity contribution in [1.82, 2.24) is 19.9 Å². The third-order valence-electron chi connectivity index (χ3n) is 5.06. The van der Waals surface area contributed by atoms with Gasteiger partial charge in [-0.05, 0) is 25.0 Å². The zero-order valence-corrected chi connectivity index (χ0v) is 16.3. The number of nitrogens with zero attached hydrogens (tertiary/aromatic N) is 4. The van der Waals surface area contributed by atoms with Crippen LogP contribution < -0.4 is 0 Å². The van der Waals surface area contributed by atoms with E-state index in [4.69, 9.17) is 0 Å². The number of hydrogen-bond donors (Lipinski definition) is 0. The molecule has 0 saturated carbocycles. The molecule has 2 aromatic rings. The number of rotatable bonds is 6. The first-order chi connectivity index (χ1) is 15.0. The number of alkyl halides is 11. The molecular formula is C17H15F11N4O. The highest BCUT2D eigenvalue weighted by molar-refractivity contribution is 5.74. The summed E-state index contributed by atoms with van der Waals surface area (Å²) in [4.78, 5) is 0.639. The standard InChI is InChI=1S/C17H15F11N4O/c18-13(15(21,22)23,33-17(27,28)14(19,20)16(24,25)26)12(31-8-4-1-5-9-31)32-11-7-3-2-6-10(11)29-30-32/h2-3,6-7,12H,1,4-5,8-9H2.